The minimum atomic E-state index is -0.248. The van der Waals surface area contributed by atoms with Gasteiger partial charge in [-0.25, -0.2) is 4.39 Å². The lowest BCUT2D eigenvalue weighted by Gasteiger charge is -2.25. The molecule has 0 bridgehead atoms. The second-order valence-electron chi connectivity index (χ2n) is 6.51. The van der Waals surface area contributed by atoms with E-state index in [9.17, 15) is 9.18 Å². The lowest BCUT2D eigenvalue weighted by Crippen LogP contribution is -2.25. The molecule has 1 N–H and O–H groups in total. The molecule has 2 heterocycles. The number of nitrogens with one attached hydrogen (secondary N) is 1. The quantitative estimate of drug-likeness (QED) is 0.863. The van der Waals surface area contributed by atoms with Crippen LogP contribution in [0, 0.1) is 5.82 Å². The molecule has 5 nitrogen and oxygen atoms in total. The predicted molar refractivity (Wildman–Crippen MR) is 97.1 cm³/mol. The van der Waals surface area contributed by atoms with Crippen molar-refractivity contribution in [1.29, 1.82) is 0 Å². The number of nitrogens with zero attached hydrogens (tertiary/aromatic N) is 2. The van der Waals surface area contributed by atoms with Gasteiger partial charge in [0.15, 0.2) is 0 Å². The third-order valence-corrected chi connectivity index (χ3v) is 4.71. The van der Waals surface area contributed by atoms with Gasteiger partial charge in [-0.2, -0.15) is 0 Å². The Morgan fingerprint density at radius 2 is 2.15 bits per heavy atom. The highest BCUT2D eigenvalue weighted by Gasteiger charge is 2.28. The van der Waals surface area contributed by atoms with Crippen LogP contribution in [0.25, 0.3) is 0 Å². The fourth-order valence-electron chi connectivity index (χ4n) is 3.43. The van der Waals surface area contributed by atoms with Gasteiger partial charge >= 0.3 is 0 Å². The molecule has 0 spiro atoms. The van der Waals surface area contributed by atoms with Gasteiger partial charge in [-0.15, -0.1) is 0 Å². The molecule has 3 rings (SSSR count). The third kappa shape index (κ3) is 4.19. The molecule has 1 aliphatic rings. The number of aromatic nitrogens is 1. The van der Waals surface area contributed by atoms with Crippen molar-refractivity contribution in [3.8, 4) is 5.75 Å². The van der Waals surface area contributed by atoms with E-state index >= 15 is 0 Å². The molecule has 1 aliphatic heterocycles. The van der Waals surface area contributed by atoms with E-state index in [0.29, 0.717) is 24.4 Å². The average Bonchev–Trinajstić information content (AvgIpc) is 3.10. The Morgan fingerprint density at radius 1 is 1.35 bits per heavy atom. The molecule has 1 saturated heterocycles. The van der Waals surface area contributed by atoms with Crippen LogP contribution in [0.3, 0.4) is 0 Å². The molecular weight excluding hydrogens is 333 g/mol. The lowest BCUT2D eigenvalue weighted by molar-refractivity contribution is -0.119. The number of carbonyl (C=O) groups excluding carboxylic acids is 1. The van der Waals surface area contributed by atoms with E-state index in [2.05, 4.69) is 10.2 Å². The van der Waals surface area contributed by atoms with Gasteiger partial charge in [0.25, 0.3) is 0 Å². The van der Waals surface area contributed by atoms with Gasteiger partial charge in [0.05, 0.1) is 31.1 Å². The van der Waals surface area contributed by atoms with Crippen LogP contribution in [-0.2, 0) is 17.9 Å². The summed E-state index contributed by atoms with van der Waals surface area (Å²) >= 11 is 0. The van der Waals surface area contributed by atoms with E-state index in [4.69, 9.17) is 9.72 Å². The SMILES string of the molecule is COc1cccc(F)c1CN1CCCC1c1cccc(CNC(C)=O)n1. The summed E-state index contributed by atoms with van der Waals surface area (Å²) in [5.74, 6) is 0.247. The number of carbonyl (C=O) groups is 1. The van der Waals surface area contributed by atoms with Crippen LogP contribution in [-0.4, -0.2) is 29.4 Å². The first-order valence-electron chi connectivity index (χ1n) is 8.84. The first kappa shape index (κ1) is 18.3. The highest BCUT2D eigenvalue weighted by atomic mass is 19.1. The van der Waals surface area contributed by atoms with Gasteiger partial charge < -0.3 is 10.1 Å². The molecule has 0 aliphatic carbocycles. The Labute approximate surface area is 153 Å². The van der Waals surface area contributed by atoms with Crippen molar-refractivity contribution in [2.45, 2.75) is 38.9 Å². The molecule has 6 heteroatoms. The fourth-order valence-corrected chi connectivity index (χ4v) is 3.43. The summed E-state index contributed by atoms with van der Waals surface area (Å²) in [5.41, 5.74) is 2.37. The lowest BCUT2D eigenvalue weighted by atomic mass is 10.1. The summed E-state index contributed by atoms with van der Waals surface area (Å²) in [6.45, 7) is 3.28. The standard InChI is InChI=1S/C20H24FN3O2/c1-14(25)22-12-15-6-3-8-18(23-15)19-9-5-11-24(19)13-16-17(21)7-4-10-20(16)26-2/h3-4,6-8,10,19H,5,9,11-13H2,1-2H3,(H,22,25). The molecule has 1 fully saturated rings. The van der Waals surface area contributed by atoms with Crippen molar-refractivity contribution >= 4 is 5.91 Å². The van der Waals surface area contributed by atoms with Crippen LogP contribution in [0.1, 0.15) is 42.8 Å². The van der Waals surface area contributed by atoms with Crippen molar-refractivity contribution in [2.75, 3.05) is 13.7 Å². The van der Waals surface area contributed by atoms with Crippen LogP contribution in [0.2, 0.25) is 0 Å². The molecule has 26 heavy (non-hydrogen) atoms. The van der Waals surface area contributed by atoms with Crippen LogP contribution >= 0.6 is 0 Å². The van der Waals surface area contributed by atoms with E-state index in [1.807, 2.05) is 18.2 Å². The van der Waals surface area contributed by atoms with Gasteiger partial charge in [0.1, 0.15) is 11.6 Å². The van der Waals surface area contributed by atoms with Gasteiger partial charge in [0, 0.05) is 19.0 Å². The largest absolute Gasteiger partial charge is 0.496 e. The van der Waals surface area contributed by atoms with E-state index < -0.39 is 0 Å². The topological polar surface area (TPSA) is 54.5 Å². The van der Waals surface area contributed by atoms with E-state index in [0.717, 1.165) is 30.8 Å². The molecule has 1 atom stereocenters. The molecule has 2 aromatic rings. The first-order valence-corrected chi connectivity index (χ1v) is 8.84. The monoisotopic (exact) mass is 357 g/mol. The average molecular weight is 357 g/mol. The molecule has 0 radical (unpaired) electrons. The minimum absolute atomic E-state index is 0.0775. The molecule has 1 aromatic heterocycles. The zero-order valence-electron chi connectivity index (χ0n) is 15.2. The fraction of sp³-hybridized carbons (Fsp3) is 0.400. The number of hydrogen-bond donors (Lipinski definition) is 1. The third-order valence-electron chi connectivity index (χ3n) is 4.71. The summed E-state index contributed by atoms with van der Waals surface area (Å²) in [4.78, 5) is 18.1. The predicted octanol–water partition coefficient (Wildman–Crippen LogP) is 3.20. The maximum atomic E-state index is 14.3. The summed E-state index contributed by atoms with van der Waals surface area (Å²) in [6, 6.07) is 10.9. The molecular formula is C20H24FN3O2. The molecule has 1 unspecified atom stereocenters. The number of hydrogen-bond acceptors (Lipinski definition) is 4. The smallest absolute Gasteiger partial charge is 0.217 e. The number of benzene rings is 1. The number of ether oxygens (including phenoxy) is 1. The zero-order valence-corrected chi connectivity index (χ0v) is 15.2. The normalized spacial score (nSPS) is 17.3. The van der Waals surface area contributed by atoms with Crippen molar-refractivity contribution in [1.82, 2.24) is 15.2 Å². The van der Waals surface area contributed by atoms with E-state index in [1.54, 1.807) is 19.2 Å². The highest BCUT2D eigenvalue weighted by Crippen LogP contribution is 2.34. The van der Waals surface area contributed by atoms with Crippen molar-refractivity contribution in [3.63, 3.8) is 0 Å². The van der Waals surface area contributed by atoms with Gasteiger partial charge in [-0.3, -0.25) is 14.7 Å². The van der Waals surface area contributed by atoms with Crippen LogP contribution in [0.5, 0.6) is 5.75 Å². The van der Waals surface area contributed by atoms with Gasteiger partial charge in [-0.1, -0.05) is 12.1 Å². The van der Waals surface area contributed by atoms with Gasteiger partial charge in [0.2, 0.25) is 5.91 Å². The summed E-state index contributed by atoms with van der Waals surface area (Å²) in [7, 11) is 1.56. The van der Waals surface area contributed by atoms with Crippen LogP contribution in [0.15, 0.2) is 36.4 Å². The number of pyridine rings is 1. The number of likely N-dealkylation sites (tertiary alicyclic amines) is 1. The molecule has 1 amide bonds. The van der Waals surface area contributed by atoms with Crippen molar-refractivity contribution in [2.24, 2.45) is 0 Å². The molecule has 0 saturated carbocycles. The number of methoxy groups -OCH3 is 1. The van der Waals surface area contributed by atoms with Crippen molar-refractivity contribution in [3.05, 3.63) is 59.2 Å². The second-order valence-corrected chi connectivity index (χ2v) is 6.51. The zero-order chi connectivity index (χ0) is 18.5. The minimum Gasteiger partial charge on any atom is -0.496 e. The summed E-state index contributed by atoms with van der Waals surface area (Å²) < 4.78 is 19.6. The molecule has 1 aromatic carbocycles. The van der Waals surface area contributed by atoms with E-state index in [-0.39, 0.29) is 17.8 Å². The second kappa shape index (κ2) is 8.27. The first-order chi connectivity index (χ1) is 12.6. The van der Waals surface area contributed by atoms with Crippen LogP contribution in [0.4, 0.5) is 4.39 Å². The Balaban J connectivity index is 1.79. The number of rotatable bonds is 6. The number of amides is 1. The maximum absolute atomic E-state index is 14.3. The Hall–Kier alpha value is -2.47. The Morgan fingerprint density at radius 3 is 2.92 bits per heavy atom. The van der Waals surface area contributed by atoms with Crippen molar-refractivity contribution < 1.29 is 13.9 Å². The van der Waals surface area contributed by atoms with E-state index in [1.165, 1.54) is 13.0 Å². The highest BCUT2D eigenvalue weighted by molar-refractivity contribution is 5.72. The maximum Gasteiger partial charge on any atom is 0.217 e. The number of halogens is 1. The summed E-state index contributed by atoms with van der Waals surface area (Å²) in [6.07, 6.45) is 2.02. The molecule has 138 valence electrons. The Kier molecular flexibility index (Phi) is 5.83. The van der Waals surface area contributed by atoms with Crippen LogP contribution < -0.4 is 10.1 Å². The Bertz CT molecular complexity index is 781. The summed E-state index contributed by atoms with van der Waals surface area (Å²) in [5, 5.41) is 2.77. The van der Waals surface area contributed by atoms with Gasteiger partial charge in [-0.05, 0) is 43.7 Å².